The lowest BCUT2D eigenvalue weighted by molar-refractivity contribution is 1.34. The molecule has 0 amide bonds. The Kier molecular flexibility index (Phi) is 4.88. The maximum Gasteiger partial charge on any atom is 0.0414 e. The van der Waals surface area contributed by atoms with Gasteiger partial charge >= 0.3 is 0 Å². The van der Waals surface area contributed by atoms with Gasteiger partial charge < -0.3 is 0 Å². The van der Waals surface area contributed by atoms with E-state index in [1.807, 2.05) is 12.1 Å². The summed E-state index contributed by atoms with van der Waals surface area (Å²) in [5.74, 6) is 0. The van der Waals surface area contributed by atoms with Crippen molar-refractivity contribution in [2.24, 2.45) is 0 Å². The van der Waals surface area contributed by atoms with E-state index in [2.05, 4.69) is 63.0 Å². The number of halogens is 3. The molecule has 0 fully saturated rings. The highest BCUT2D eigenvalue weighted by molar-refractivity contribution is 9.08. The van der Waals surface area contributed by atoms with Crippen molar-refractivity contribution in [2.45, 2.75) is 17.6 Å². The third kappa shape index (κ3) is 3.37. The summed E-state index contributed by atoms with van der Waals surface area (Å²) in [6.07, 6.45) is 0. The highest BCUT2D eigenvalue weighted by atomic mass is 79.9. The van der Waals surface area contributed by atoms with Gasteiger partial charge in [-0.1, -0.05) is 67.7 Å². The van der Waals surface area contributed by atoms with Gasteiger partial charge in [0, 0.05) is 15.7 Å². The summed E-state index contributed by atoms with van der Waals surface area (Å²) in [6, 6.07) is 12.8. The Balaban J connectivity index is 2.55. The molecular formula is C15H13Br2Cl. The van der Waals surface area contributed by atoms with Gasteiger partial charge in [-0.2, -0.15) is 0 Å². The summed E-state index contributed by atoms with van der Waals surface area (Å²) >= 11 is 13.2. The van der Waals surface area contributed by atoms with Crippen LogP contribution in [0.3, 0.4) is 0 Å². The second kappa shape index (κ2) is 6.23. The van der Waals surface area contributed by atoms with Crippen molar-refractivity contribution in [3.63, 3.8) is 0 Å². The predicted octanol–water partition coefficient (Wildman–Crippen LogP) is 6.11. The van der Waals surface area contributed by atoms with Crippen LogP contribution in [0.5, 0.6) is 0 Å². The minimum absolute atomic E-state index is 0.787. The molecule has 0 spiro atoms. The van der Waals surface area contributed by atoms with Gasteiger partial charge in [-0.15, -0.1) is 0 Å². The van der Waals surface area contributed by atoms with Crippen LogP contribution >= 0.6 is 43.5 Å². The van der Waals surface area contributed by atoms with Crippen molar-refractivity contribution in [3.8, 4) is 11.1 Å². The molecule has 2 aromatic rings. The molecule has 0 bridgehead atoms. The SMILES string of the molecule is Cc1cc(Cl)cc(-c2cc(CBr)cc(CBr)c2)c1. The molecule has 94 valence electrons. The van der Waals surface area contributed by atoms with Crippen molar-refractivity contribution in [1.82, 2.24) is 0 Å². The highest BCUT2D eigenvalue weighted by Crippen LogP contribution is 2.28. The van der Waals surface area contributed by atoms with Crippen LogP contribution in [0.15, 0.2) is 36.4 Å². The molecule has 0 N–H and O–H groups in total. The zero-order valence-corrected chi connectivity index (χ0v) is 13.9. The van der Waals surface area contributed by atoms with Crippen molar-refractivity contribution < 1.29 is 0 Å². The zero-order chi connectivity index (χ0) is 13.1. The van der Waals surface area contributed by atoms with Crippen LogP contribution in [0, 0.1) is 6.92 Å². The van der Waals surface area contributed by atoms with Gasteiger partial charge in [0.05, 0.1) is 0 Å². The van der Waals surface area contributed by atoms with E-state index in [9.17, 15) is 0 Å². The molecule has 0 saturated heterocycles. The van der Waals surface area contributed by atoms with Crippen LogP contribution in [-0.4, -0.2) is 0 Å². The van der Waals surface area contributed by atoms with Crippen molar-refractivity contribution in [2.75, 3.05) is 0 Å². The molecule has 0 saturated carbocycles. The van der Waals surface area contributed by atoms with E-state index < -0.39 is 0 Å². The van der Waals surface area contributed by atoms with Crippen molar-refractivity contribution in [3.05, 3.63) is 58.1 Å². The first kappa shape index (κ1) is 14.1. The number of rotatable bonds is 3. The fourth-order valence-corrected chi connectivity index (χ4v) is 2.92. The minimum Gasteiger partial charge on any atom is -0.0876 e. The molecule has 0 heterocycles. The summed E-state index contributed by atoms with van der Waals surface area (Å²) in [5.41, 5.74) is 6.12. The number of hydrogen-bond donors (Lipinski definition) is 0. The molecule has 0 unspecified atom stereocenters. The highest BCUT2D eigenvalue weighted by Gasteiger charge is 2.04. The third-order valence-electron chi connectivity index (χ3n) is 2.74. The van der Waals surface area contributed by atoms with Crippen molar-refractivity contribution >= 4 is 43.5 Å². The van der Waals surface area contributed by atoms with Crippen LogP contribution in [0.2, 0.25) is 5.02 Å². The first-order valence-corrected chi connectivity index (χ1v) is 8.27. The monoisotopic (exact) mass is 386 g/mol. The molecule has 0 atom stereocenters. The van der Waals surface area contributed by atoms with Gasteiger partial charge in [-0.25, -0.2) is 0 Å². The van der Waals surface area contributed by atoms with Gasteiger partial charge in [-0.3, -0.25) is 0 Å². The fraction of sp³-hybridized carbons (Fsp3) is 0.200. The lowest BCUT2D eigenvalue weighted by atomic mass is 9.99. The Morgan fingerprint density at radius 3 is 1.89 bits per heavy atom. The number of hydrogen-bond acceptors (Lipinski definition) is 0. The number of alkyl halides is 2. The summed E-state index contributed by atoms with van der Waals surface area (Å²) in [7, 11) is 0. The summed E-state index contributed by atoms with van der Waals surface area (Å²) in [4.78, 5) is 0. The molecule has 3 heteroatoms. The van der Waals surface area contributed by atoms with Crippen molar-refractivity contribution in [1.29, 1.82) is 0 Å². The Hall–Kier alpha value is -0.310. The molecule has 0 aromatic heterocycles. The van der Waals surface area contributed by atoms with Gasteiger partial charge in [0.15, 0.2) is 0 Å². The number of aryl methyl sites for hydroxylation is 1. The molecule has 0 radical (unpaired) electrons. The second-order valence-corrected chi connectivity index (χ2v) is 5.88. The van der Waals surface area contributed by atoms with E-state index in [1.165, 1.54) is 27.8 Å². The van der Waals surface area contributed by atoms with E-state index in [4.69, 9.17) is 11.6 Å². The Bertz CT molecular complexity index is 522. The topological polar surface area (TPSA) is 0 Å². The zero-order valence-electron chi connectivity index (χ0n) is 10.0. The van der Waals surface area contributed by atoms with E-state index in [1.54, 1.807) is 0 Å². The summed E-state index contributed by atoms with van der Waals surface area (Å²) in [6.45, 7) is 2.06. The Morgan fingerprint density at radius 1 is 0.833 bits per heavy atom. The average Bonchev–Trinajstić information content (AvgIpc) is 2.37. The lowest BCUT2D eigenvalue weighted by Gasteiger charge is -2.09. The number of benzene rings is 2. The summed E-state index contributed by atoms with van der Waals surface area (Å²) < 4.78 is 0. The quantitative estimate of drug-likeness (QED) is 0.557. The second-order valence-electron chi connectivity index (χ2n) is 4.32. The van der Waals surface area contributed by atoms with Crippen LogP contribution in [0.1, 0.15) is 16.7 Å². The first-order valence-electron chi connectivity index (χ1n) is 5.64. The van der Waals surface area contributed by atoms with E-state index in [0.29, 0.717) is 0 Å². The molecule has 0 aliphatic heterocycles. The first-order chi connectivity index (χ1) is 8.62. The van der Waals surface area contributed by atoms with E-state index in [-0.39, 0.29) is 0 Å². The summed E-state index contributed by atoms with van der Waals surface area (Å²) in [5, 5.41) is 2.51. The molecule has 0 aliphatic carbocycles. The lowest BCUT2D eigenvalue weighted by Crippen LogP contribution is -1.88. The fourth-order valence-electron chi connectivity index (χ4n) is 1.99. The van der Waals surface area contributed by atoms with E-state index >= 15 is 0 Å². The van der Waals surface area contributed by atoms with Gasteiger partial charge in [0.1, 0.15) is 0 Å². The van der Waals surface area contributed by atoms with Gasteiger partial charge in [-0.05, 0) is 46.9 Å². The van der Waals surface area contributed by atoms with Crippen LogP contribution in [0.4, 0.5) is 0 Å². The van der Waals surface area contributed by atoms with Crippen LogP contribution in [-0.2, 0) is 10.7 Å². The molecule has 18 heavy (non-hydrogen) atoms. The van der Waals surface area contributed by atoms with Gasteiger partial charge in [0.2, 0.25) is 0 Å². The molecule has 0 nitrogen and oxygen atoms in total. The Labute approximate surface area is 130 Å². The molecular weight excluding hydrogens is 375 g/mol. The maximum absolute atomic E-state index is 6.13. The van der Waals surface area contributed by atoms with Crippen LogP contribution < -0.4 is 0 Å². The minimum atomic E-state index is 0.787. The smallest absolute Gasteiger partial charge is 0.0414 e. The standard InChI is InChI=1S/C15H13Br2Cl/c1-10-2-13(7-15(18)3-10)14-5-11(8-16)4-12(6-14)9-17/h2-7H,8-9H2,1H3. The Morgan fingerprint density at radius 2 is 1.39 bits per heavy atom. The largest absolute Gasteiger partial charge is 0.0876 e. The van der Waals surface area contributed by atoms with Gasteiger partial charge in [0.25, 0.3) is 0 Å². The van der Waals surface area contributed by atoms with E-state index in [0.717, 1.165) is 15.7 Å². The molecule has 2 rings (SSSR count). The molecule has 0 aliphatic rings. The average molecular weight is 389 g/mol. The predicted molar refractivity (Wildman–Crippen MR) is 86.9 cm³/mol. The third-order valence-corrected chi connectivity index (χ3v) is 4.25. The maximum atomic E-state index is 6.13. The van der Waals surface area contributed by atoms with Crippen LogP contribution in [0.25, 0.3) is 11.1 Å². The normalized spacial score (nSPS) is 10.7. The molecule has 2 aromatic carbocycles.